The van der Waals surface area contributed by atoms with Crippen LogP contribution >= 0.6 is 0 Å². The van der Waals surface area contributed by atoms with E-state index in [1.54, 1.807) is 0 Å². The SMILES string of the molecule is COc1c(NCCC(=O)NCC(C)C)nc[nH]c1=O. The van der Waals surface area contributed by atoms with Crippen molar-refractivity contribution in [3.8, 4) is 5.75 Å². The first-order valence-corrected chi connectivity index (χ1v) is 6.16. The van der Waals surface area contributed by atoms with E-state index in [4.69, 9.17) is 4.74 Å². The van der Waals surface area contributed by atoms with Crippen LogP contribution in [0.4, 0.5) is 5.82 Å². The Kier molecular flexibility index (Phi) is 5.84. The Labute approximate surface area is 111 Å². The van der Waals surface area contributed by atoms with Crippen molar-refractivity contribution in [2.24, 2.45) is 5.92 Å². The van der Waals surface area contributed by atoms with Crippen molar-refractivity contribution in [1.29, 1.82) is 0 Å². The predicted octanol–water partition coefficient (Wildman–Crippen LogP) is 0.353. The van der Waals surface area contributed by atoms with Gasteiger partial charge in [-0.05, 0) is 5.92 Å². The fourth-order valence-corrected chi connectivity index (χ4v) is 1.40. The molecule has 0 aromatic carbocycles. The van der Waals surface area contributed by atoms with E-state index in [1.807, 2.05) is 13.8 Å². The number of hydrogen-bond acceptors (Lipinski definition) is 5. The second-order valence-electron chi connectivity index (χ2n) is 4.49. The van der Waals surface area contributed by atoms with E-state index >= 15 is 0 Å². The number of nitrogens with one attached hydrogen (secondary N) is 3. The summed E-state index contributed by atoms with van der Waals surface area (Å²) in [6, 6.07) is 0. The van der Waals surface area contributed by atoms with Crippen LogP contribution in [0.25, 0.3) is 0 Å². The Morgan fingerprint density at radius 1 is 1.53 bits per heavy atom. The van der Waals surface area contributed by atoms with Gasteiger partial charge < -0.3 is 20.4 Å². The quantitative estimate of drug-likeness (QED) is 0.663. The zero-order valence-corrected chi connectivity index (χ0v) is 11.4. The van der Waals surface area contributed by atoms with Crippen LogP contribution in [-0.2, 0) is 4.79 Å². The predicted molar refractivity (Wildman–Crippen MR) is 72.4 cm³/mol. The maximum Gasteiger partial charge on any atom is 0.295 e. The van der Waals surface area contributed by atoms with Crippen LogP contribution in [0.15, 0.2) is 11.1 Å². The Balaban J connectivity index is 2.43. The van der Waals surface area contributed by atoms with Crippen molar-refractivity contribution < 1.29 is 9.53 Å². The summed E-state index contributed by atoms with van der Waals surface area (Å²) in [5, 5.41) is 5.72. The molecule has 1 heterocycles. The lowest BCUT2D eigenvalue weighted by molar-refractivity contribution is -0.120. The monoisotopic (exact) mass is 268 g/mol. The number of carbonyl (C=O) groups excluding carboxylic acids is 1. The number of rotatable bonds is 7. The molecule has 0 radical (unpaired) electrons. The lowest BCUT2D eigenvalue weighted by Gasteiger charge is -2.10. The Morgan fingerprint density at radius 3 is 2.89 bits per heavy atom. The minimum atomic E-state index is -0.357. The Bertz CT molecular complexity index is 470. The summed E-state index contributed by atoms with van der Waals surface area (Å²) < 4.78 is 4.94. The second kappa shape index (κ2) is 7.40. The van der Waals surface area contributed by atoms with E-state index in [-0.39, 0.29) is 17.2 Å². The van der Waals surface area contributed by atoms with E-state index in [9.17, 15) is 9.59 Å². The summed E-state index contributed by atoms with van der Waals surface area (Å²) >= 11 is 0. The number of nitrogens with zero attached hydrogens (tertiary/aromatic N) is 1. The van der Waals surface area contributed by atoms with E-state index in [2.05, 4.69) is 20.6 Å². The van der Waals surface area contributed by atoms with Gasteiger partial charge in [0.25, 0.3) is 5.56 Å². The lowest BCUT2D eigenvalue weighted by atomic mass is 10.2. The van der Waals surface area contributed by atoms with E-state index in [0.29, 0.717) is 31.2 Å². The molecule has 0 aliphatic carbocycles. The zero-order valence-electron chi connectivity index (χ0n) is 11.4. The fraction of sp³-hybridized carbons (Fsp3) is 0.583. The van der Waals surface area contributed by atoms with Gasteiger partial charge in [-0.15, -0.1) is 0 Å². The van der Waals surface area contributed by atoms with Gasteiger partial charge in [0.15, 0.2) is 5.82 Å². The van der Waals surface area contributed by atoms with E-state index < -0.39 is 0 Å². The standard InChI is InChI=1S/C12H20N4O3/c1-8(2)6-14-9(17)4-5-13-11-10(19-3)12(18)16-7-15-11/h7-8H,4-6H2,1-3H3,(H,14,17)(H2,13,15,16,18). The molecule has 0 aliphatic rings. The summed E-state index contributed by atoms with van der Waals surface area (Å²) in [6.07, 6.45) is 1.59. The number of aromatic nitrogens is 2. The van der Waals surface area contributed by atoms with Gasteiger partial charge in [-0.2, -0.15) is 0 Å². The molecule has 1 aromatic rings. The van der Waals surface area contributed by atoms with Crippen LogP contribution < -0.4 is 20.9 Å². The largest absolute Gasteiger partial charge is 0.489 e. The molecule has 1 amide bonds. The molecule has 0 atom stereocenters. The minimum Gasteiger partial charge on any atom is -0.489 e. The average molecular weight is 268 g/mol. The average Bonchev–Trinajstić information content (AvgIpc) is 2.36. The van der Waals surface area contributed by atoms with Crippen molar-refractivity contribution in [2.45, 2.75) is 20.3 Å². The molecule has 1 rings (SSSR count). The summed E-state index contributed by atoms with van der Waals surface area (Å²) in [4.78, 5) is 29.3. The van der Waals surface area contributed by atoms with Gasteiger partial charge in [0.05, 0.1) is 13.4 Å². The molecule has 7 heteroatoms. The third kappa shape index (κ3) is 4.99. The number of anilines is 1. The molecule has 3 N–H and O–H groups in total. The smallest absolute Gasteiger partial charge is 0.295 e. The molecular formula is C12H20N4O3. The first-order chi connectivity index (χ1) is 9.04. The van der Waals surface area contributed by atoms with Crippen molar-refractivity contribution in [3.05, 3.63) is 16.7 Å². The van der Waals surface area contributed by atoms with Crippen molar-refractivity contribution in [3.63, 3.8) is 0 Å². The third-order valence-corrected chi connectivity index (χ3v) is 2.37. The number of carbonyl (C=O) groups is 1. The van der Waals surface area contributed by atoms with E-state index in [1.165, 1.54) is 13.4 Å². The first-order valence-electron chi connectivity index (χ1n) is 6.16. The molecule has 1 aromatic heterocycles. The van der Waals surface area contributed by atoms with Crippen molar-refractivity contribution >= 4 is 11.7 Å². The maximum atomic E-state index is 11.5. The number of amides is 1. The Hall–Kier alpha value is -2.05. The molecule has 0 fully saturated rings. The van der Waals surface area contributed by atoms with Crippen LogP contribution in [0.2, 0.25) is 0 Å². The number of H-pyrrole nitrogens is 1. The Morgan fingerprint density at radius 2 is 2.26 bits per heavy atom. The molecule has 7 nitrogen and oxygen atoms in total. The van der Waals surface area contributed by atoms with Gasteiger partial charge in [-0.25, -0.2) is 4.98 Å². The topological polar surface area (TPSA) is 96.1 Å². The summed E-state index contributed by atoms with van der Waals surface area (Å²) in [6.45, 7) is 5.11. The number of hydrogen-bond donors (Lipinski definition) is 3. The lowest BCUT2D eigenvalue weighted by Crippen LogP contribution is -2.29. The molecule has 19 heavy (non-hydrogen) atoms. The highest BCUT2D eigenvalue weighted by Crippen LogP contribution is 2.13. The molecule has 0 aliphatic heterocycles. The van der Waals surface area contributed by atoms with Crippen LogP contribution in [0.1, 0.15) is 20.3 Å². The fourth-order valence-electron chi connectivity index (χ4n) is 1.40. The van der Waals surface area contributed by atoms with Crippen LogP contribution in [-0.4, -0.2) is 36.1 Å². The van der Waals surface area contributed by atoms with Crippen LogP contribution in [0, 0.1) is 5.92 Å². The third-order valence-electron chi connectivity index (χ3n) is 2.37. The van der Waals surface area contributed by atoms with Gasteiger partial charge in [0, 0.05) is 19.5 Å². The van der Waals surface area contributed by atoms with Gasteiger partial charge in [-0.3, -0.25) is 9.59 Å². The molecular weight excluding hydrogens is 248 g/mol. The summed E-state index contributed by atoms with van der Waals surface area (Å²) in [7, 11) is 1.40. The first kappa shape index (κ1) is 15.0. The van der Waals surface area contributed by atoms with Gasteiger partial charge >= 0.3 is 0 Å². The van der Waals surface area contributed by atoms with Crippen molar-refractivity contribution in [2.75, 3.05) is 25.5 Å². The number of aromatic amines is 1. The van der Waals surface area contributed by atoms with Crippen LogP contribution in [0.5, 0.6) is 5.75 Å². The highest BCUT2D eigenvalue weighted by atomic mass is 16.5. The molecule has 106 valence electrons. The highest BCUT2D eigenvalue weighted by Gasteiger charge is 2.09. The molecule has 0 unspecified atom stereocenters. The molecule has 0 saturated heterocycles. The summed E-state index contributed by atoms with van der Waals surface area (Å²) in [5.74, 6) is 0.837. The second-order valence-corrected chi connectivity index (χ2v) is 4.49. The van der Waals surface area contributed by atoms with Gasteiger partial charge in [0.1, 0.15) is 0 Å². The van der Waals surface area contributed by atoms with Gasteiger partial charge in [-0.1, -0.05) is 13.8 Å². The van der Waals surface area contributed by atoms with Crippen LogP contribution in [0.3, 0.4) is 0 Å². The molecule has 0 bridgehead atoms. The molecule has 0 spiro atoms. The summed E-state index contributed by atoms with van der Waals surface area (Å²) in [5.41, 5.74) is -0.357. The van der Waals surface area contributed by atoms with E-state index in [0.717, 1.165) is 0 Å². The highest BCUT2D eigenvalue weighted by molar-refractivity contribution is 5.76. The number of methoxy groups -OCH3 is 1. The maximum absolute atomic E-state index is 11.5. The normalized spacial score (nSPS) is 10.3. The number of ether oxygens (including phenoxy) is 1. The zero-order chi connectivity index (χ0) is 14.3. The van der Waals surface area contributed by atoms with Gasteiger partial charge in [0.2, 0.25) is 11.7 Å². The minimum absolute atomic E-state index is 0.0370. The van der Waals surface area contributed by atoms with Crippen molar-refractivity contribution in [1.82, 2.24) is 15.3 Å². The molecule has 0 saturated carbocycles.